The van der Waals surface area contributed by atoms with E-state index in [1.165, 1.54) is 5.69 Å². The molecule has 0 saturated carbocycles. The molecule has 0 fully saturated rings. The molecule has 0 radical (unpaired) electrons. The molecule has 0 bridgehead atoms. The highest BCUT2D eigenvalue weighted by Crippen LogP contribution is 2.20. The van der Waals surface area contributed by atoms with Crippen molar-refractivity contribution < 1.29 is 4.79 Å². The zero-order valence-corrected chi connectivity index (χ0v) is 13.4. The van der Waals surface area contributed by atoms with Crippen LogP contribution in [0.25, 0.3) is 0 Å². The molecule has 1 aromatic rings. The summed E-state index contributed by atoms with van der Waals surface area (Å²) in [6.45, 7) is 11.6. The van der Waals surface area contributed by atoms with Crippen molar-refractivity contribution in [2.24, 2.45) is 5.92 Å². The number of nitrogens with zero attached hydrogens (tertiary/aromatic N) is 1. The Morgan fingerprint density at radius 2 is 1.65 bits per heavy atom. The Morgan fingerprint density at radius 1 is 1.10 bits per heavy atom. The molecule has 1 aromatic carbocycles. The van der Waals surface area contributed by atoms with Gasteiger partial charge in [0.1, 0.15) is 0 Å². The lowest BCUT2D eigenvalue weighted by molar-refractivity contribution is -0.120. The first-order valence-electron chi connectivity index (χ1n) is 7.70. The molecular weight excluding hydrogens is 248 g/mol. The molecule has 0 aliphatic rings. The third-order valence-corrected chi connectivity index (χ3v) is 3.79. The van der Waals surface area contributed by atoms with Gasteiger partial charge in [-0.1, -0.05) is 13.8 Å². The topological polar surface area (TPSA) is 32.3 Å². The summed E-state index contributed by atoms with van der Waals surface area (Å²) in [4.78, 5) is 14.4. The van der Waals surface area contributed by atoms with Gasteiger partial charge in [-0.15, -0.1) is 0 Å². The Kier molecular flexibility index (Phi) is 6.56. The molecule has 0 aromatic heterocycles. The van der Waals surface area contributed by atoms with Gasteiger partial charge in [0.2, 0.25) is 5.91 Å². The minimum absolute atomic E-state index is 0.109. The number of carbonyl (C=O) groups excluding carboxylic acids is 1. The first-order valence-corrected chi connectivity index (χ1v) is 7.70. The third kappa shape index (κ3) is 4.26. The average Bonchev–Trinajstić information content (AvgIpc) is 2.42. The number of hydrogen-bond donors (Lipinski definition) is 1. The molecule has 0 saturated heterocycles. The predicted octanol–water partition coefficient (Wildman–Crippen LogP) is 4.30. The number of rotatable bonds is 7. The Morgan fingerprint density at radius 3 is 2.05 bits per heavy atom. The van der Waals surface area contributed by atoms with Crippen LogP contribution < -0.4 is 10.2 Å². The summed E-state index contributed by atoms with van der Waals surface area (Å²) in [5.74, 6) is 0.233. The molecule has 3 heteroatoms. The average molecular weight is 276 g/mol. The van der Waals surface area contributed by atoms with Crippen molar-refractivity contribution in [2.75, 3.05) is 16.8 Å². The van der Waals surface area contributed by atoms with Crippen LogP contribution in [0.15, 0.2) is 24.3 Å². The summed E-state index contributed by atoms with van der Waals surface area (Å²) in [7, 11) is 0. The van der Waals surface area contributed by atoms with E-state index >= 15 is 0 Å². The summed E-state index contributed by atoms with van der Waals surface area (Å²) < 4.78 is 0. The molecule has 0 aliphatic carbocycles. The maximum atomic E-state index is 12.0. The molecule has 112 valence electrons. The molecule has 20 heavy (non-hydrogen) atoms. The maximum absolute atomic E-state index is 12.0. The molecule has 0 spiro atoms. The van der Waals surface area contributed by atoms with Gasteiger partial charge in [-0.25, -0.2) is 0 Å². The van der Waals surface area contributed by atoms with Crippen LogP contribution in [0.3, 0.4) is 0 Å². The zero-order chi connectivity index (χ0) is 15.1. The molecular formula is C17H28N2O. The van der Waals surface area contributed by atoms with Gasteiger partial charge in [0.15, 0.2) is 0 Å². The van der Waals surface area contributed by atoms with Crippen LogP contribution in [0.4, 0.5) is 11.4 Å². The molecule has 0 heterocycles. The van der Waals surface area contributed by atoms with Gasteiger partial charge in [-0.3, -0.25) is 4.79 Å². The molecule has 0 atom stereocenters. The van der Waals surface area contributed by atoms with E-state index in [0.717, 1.165) is 25.1 Å². The Hall–Kier alpha value is -1.51. The van der Waals surface area contributed by atoms with Crippen molar-refractivity contribution in [3.8, 4) is 0 Å². The number of anilines is 2. The smallest absolute Gasteiger partial charge is 0.227 e. The predicted molar refractivity (Wildman–Crippen MR) is 87.3 cm³/mol. The Labute approximate surface area is 123 Å². The number of carbonyl (C=O) groups is 1. The summed E-state index contributed by atoms with van der Waals surface area (Å²) in [6.07, 6.45) is 1.77. The molecule has 3 nitrogen and oxygen atoms in total. The number of nitrogens with one attached hydrogen (secondary N) is 1. The lowest BCUT2D eigenvalue weighted by Crippen LogP contribution is -2.30. The standard InChI is InChI=1S/C17H28N2O/c1-6-14(7-2)17(20)18-15-9-11-16(12-10-15)19(8-3)13(4)5/h9-14H,6-8H2,1-5H3,(H,18,20). The first kappa shape index (κ1) is 16.5. The van der Waals surface area contributed by atoms with E-state index in [9.17, 15) is 4.79 Å². The number of amides is 1. The van der Waals surface area contributed by atoms with Gasteiger partial charge in [-0.05, 0) is 57.9 Å². The lowest BCUT2D eigenvalue weighted by atomic mass is 10.0. The van der Waals surface area contributed by atoms with Gasteiger partial charge >= 0.3 is 0 Å². The summed E-state index contributed by atoms with van der Waals surface area (Å²) in [5, 5.41) is 3.00. The van der Waals surface area contributed by atoms with E-state index in [4.69, 9.17) is 0 Å². The van der Waals surface area contributed by atoms with Gasteiger partial charge in [0.05, 0.1) is 0 Å². The van der Waals surface area contributed by atoms with Crippen LogP contribution in [0.2, 0.25) is 0 Å². The van der Waals surface area contributed by atoms with E-state index in [1.54, 1.807) is 0 Å². The first-order chi connectivity index (χ1) is 9.53. The fourth-order valence-electron chi connectivity index (χ4n) is 2.49. The molecule has 1 rings (SSSR count). The number of benzene rings is 1. The highest BCUT2D eigenvalue weighted by molar-refractivity contribution is 5.92. The molecule has 0 unspecified atom stereocenters. The summed E-state index contributed by atoms with van der Waals surface area (Å²) in [6, 6.07) is 8.60. The fourth-order valence-corrected chi connectivity index (χ4v) is 2.49. The Balaban J connectivity index is 2.74. The van der Waals surface area contributed by atoms with Crippen LogP contribution in [0, 0.1) is 5.92 Å². The van der Waals surface area contributed by atoms with Gasteiger partial charge in [-0.2, -0.15) is 0 Å². The second-order valence-corrected chi connectivity index (χ2v) is 5.43. The quantitative estimate of drug-likeness (QED) is 0.805. The van der Waals surface area contributed by atoms with Crippen molar-refractivity contribution in [1.82, 2.24) is 0 Å². The van der Waals surface area contributed by atoms with Crippen molar-refractivity contribution in [3.63, 3.8) is 0 Å². The van der Waals surface area contributed by atoms with E-state index in [1.807, 2.05) is 12.1 Å². The van der Waals surface area contributed by atoms with Crippen LogP contribution in [-0.4, -0.2) is 18.5 Å². The fraction of sp³-hybridized carbons (Fsp3) is 0.588. The van der Waals surface area contributed by atoms with E-state index in [-0.39, 0.29) is 11.8 Å². The van der Waals surface area contributed by atoms with Gasteiger partial charge < -0.3 is 10.2 Å². The highest BCUT2D eigenvalue weighted by Gasteiger charge is 2.14. The summed E-state index contributed by atoms with van der Waals surface area (Å²) in [5.41, 5.74) is 2.08. The minimum Gasteiger partial charge on any atom is -0.369 e. The SMILES string of the molecule is CCC(CC)C(=O)Nc1ccc(N(CC)C(C)C)cc1. The van der Waals surface area contributed by atoms with Crippen molar-refractivity contribution >= 4 is 17.3 Å². The van der Waals surface area contributed by atoms with E-state index < -0.39 is 0 Å². The van der Waals surface area contributed by atoms with Gasteiger partial charge in [0.25, 0.3) is 0 Å². The van der Waals surface area contributed by atoms with E-state index in [2.05, 4.69) is 57.0 Å². The molecule has 1 N–H and O–H groups in total. The van der Waals surface area contributed by atoms with Crippen molar-refractivity contribution in [1.29, 1.82) is 0 Å². The second-order valence-electron chi connectivity index (χ2n) is 5.43. The van der Waals surface area contributed by atoms with Gasteiger partial charge in [0, 0.05) is 29.9 Å². The maximum Gasteiger partial charge on any atom is 0.227 e. The Bertz CT molecular complexity index is 408. The second kappa shape index (κ2) is 7.93. The normalized spacial score (nSPS) is 10.9. The molecule has 0 aliphatic heterocycles. The van der Waals surface area contributed by atoms with E-state index in [0.29, 0.717) is 6.04 Å². The van der Waals surface area contributed by atoms with Crippen LogP contribution in [0.5, 0.6) is 0 Å². The monoisotopic (exact) mass is 276 g/mol. The lowest BCUT2D eigenvalue weighted by Gasteiger charge is -2.27. The summed E-state index contributed by atoms with van der Waals surface area (Å²) >= 11 is 0. The van der Waals surface area contributed by atoms with Crippen LogP contribution in [-0.2, 0) is 4.79 Å². The highest BCUT2D eigenvalue weighted by atomic mass is 16.1. The number of hydrogen-bond acceptors (Lipinski definition) is 2. The zero-order valence-electron chi connectivity index (χ0n) is 13.4. The third-order valence-electron chi connectivity index (χ3n) is 3.79. The van der Waals surface area contributed by atoms with Crippen molar-refractivity contribution in [3.05, 3.63) is 24.3 Å². The largest absolute Gasteiger partial charge is 0.369 e. The van der Waals surface area contributed by atoms with Crippen LogP contribution in [0.1, 0.15) is 47.5 Å². The van der Waals surface area contributed by atoms with Crippen LogP contribution >= 0.6 is 0 Å². The molecule has 1 amide bonds. The van der Waals surface area contributed by atoms with Crippen molar-refractivity contribution in [2.45, 2.75) is 53.5 Å². The minimum atomic E-state index is 0.109.